The maximum atomic E-state index is 11.7. The third-order valence-corrected chi connectivity index (χ3v) is 5.24. The first-order valence-electron chi connectivity index (χ1n) is 7.63. The molecule has 1 aliphatic rings. The van der Waals surface area contributed by atoms with E-state index >= 15 is 0 Å². The molecular formula is C18H15KN2O2S. The first-order chi connectivity index (χ1) is 11.2. The second-order valence-electron chi connectivity index (χ2n) is 5.64. The Labute approximate surface area is 186 Å². The summed E-state index contributed by atoms with van der Waals surface area (Å²) in [5.74, 6) is -0.309. The first-order valence-corrected chi connectivity index (χ1v) is 8.51. The maximum absolute atomic E-state index is 11.7. The van der Waals surface area contributed by atoms with Crippen LogP contribution in [0, 0.1) is 0 Å². The molecule has 0 radical (unpaired) electrons. The van der Waals surface area contributed by atoms with E-state index in [9.17, 15) is 9.59 Å². The number of para-hydroxylation sites is 1. The van der Waals surface area contributed by atoms with Gasteiger partial charge in [0.15, 0.2) is 0 Å². The molecule has 0 spiro atoms. The number of imide groups is 1. The van der Waals surface area contributed by atoms with Crippen LogP contribution < -0.4 is 51.4 Å². The van der Waals surface area contributed by atoms with E-state index in [1.54, 1.807) is 0 Å². The zero-order valence-electron chi connectivity index (χ0n) is 13.7. The molecule has 1 atom stereocenters. The van der Waals surface area contributed by atoms with Crippen molar-refractivity contribution in [3.05, 3.63) is 53.3 Å². The van der Waals surface area contributed by atoms with Gasteiger partial charge in [-0.1, -0.05) is 36.0 Å². The first kappa shape index (κ1) is 18.2. The SMILES string of the molecule is CCn1c2ccccc2c2cc(CC3SC(=O)[N-]C3=O)ccc21.[K+]. The third-order valence-electron chi connectivity index (χ3n) is 4.29. The van der Waals surface area contributed by atoms with Gasteiger partial charge in [-0.3, -0.25) is 0 Å². The summed E-state index contributed by atoms with van der Waals surface area (Å²) in [5, 5.41) is 5.14. The molecule has 1 aromatic heterocycles. The van der Waals surface area contributed by atoms with E-state index in [-0.39, 0.29) is 67.8 Å². The van der Waals surface area contributed by atoms with Gasteiger partial charge >= 0.3 is 51.4 Å². The van der Waals surface area contributed by atoms with Crippen LogP contribution in [-0.4, -0.2) is 21.0 Å². The molecule has 24 heavy (non-hydrogen) atoms. The van der Waals surface area contributed by atoms with Crippen molar-refractivity contribution in [1.29, 1.82) is 0 Å². The average molecular weight is 362 g/mol. The number of thioether (sulfide) groups is 1. The van der Waals surface area contributed by atoms with Gasteiger partial charge in [0, 0.05) is 28.4 Å². The Morgan fingerprint density at radius 1 is 1.08 bits per heavy atom. The number of fused-ring (bicyclic) bond motifs is 3. The summed E-state index contributed by atoms with van der Waals surface area (Å²) >= 11 is 1.03. The fourth-order valence-electron chi connectivity index (χ4n) is 3.27. The van der Waals surface area contributed by atoms with Crippen LogP contribution in [0.15, 0.2) is 42.5 Å². The number of amides is 2. The summed E-state index contributed by atoms with van der Waals surface area (Å²) in [7, 11) is 0. The van der Waals surface area contributed by atoms with E-state index in [0.29, 0.717) is 6.42 Å². The zero-order chi connectivity index (χ0) is 16.0. The van der Waals surface area contributed by atoms with Crippen LogP contribution in [0.3, 0.4) is 0 Å². The van der Waals surface area contributed by atoms with Crippen molar-refractivity contribution < 1.29 is 61.0 Å². The number of hydrogen-bond acceptors (Lipinski definition) is 3. The molecule has 3 aromatic rings. The van der Waals surface area contributed by atoms with Crippen molar-refractivity contribution in [2.75, 3.05) is 0 Å². The summed E-state index contributed by atoms with van der Waals surface area (Å²) in [5.41, 5.74) is 3.48. The largest absolute Gasteiger partial charge is 1.00 e. The number of carbonyl (C=O) groups excluding carboxylic acids is 2. The molecule has 1 fully saturated rings. The van der Waals surface area contributed by atoms with Crippen molar-refractivity contribution in [1.82, 2.24) is 4.57 Å². The van der Waals surface area contributed by atoms with Gasteiger partial charge in [-0.25, -0.2) is 0 Å². The van der Waals surface area contributed by atoms with Crippen LogP contribution in [-0.2, 0) is 17.8 Å². The molecule has 1 unspecified atom stereocenters. The number of benzene rings is 2. The number of carbonyl (C=O) groups is 2. The van der Waals surface area contributed by atoms with E-state index < -0.39 is 0 Å². The molecule has 4 rings (SSSR count). The van der Waals surface area contributed by atoms with Gasteiger partial charge in [0.05, 0.1) is 11.2 Å². The van der Waals surface area contributed by atoms with E-state index in [0.717, 1.165) is 23.9 Å². The van der Waals surface area contributed by atoms with Gasteiger partial charge in [0.1, 0.15) is 5.24 Å². The van der Waals surface area contributed by atoms with Gasteiger partial charge < -0.3 is 19.5 Å². The Morgan fingerprint density at radius 3 is 2.54 bits per heavy atom. The van der Waals surface area contributed by atoms with Crippen molar-refractivity contribution >= 4 is 44.7 Å². The summed E-state index contributed by atoms with van der Waals surface area (Å²) in [6.45, 7) is 3.05. The van der Waals surface area contributed by atoms with Crippen LogP contribution >= 0.6 is 11.8 Å². The number of aromatic nitrogens is 1. The quantitative estimate of drug-likeness (QED) is 0.664. The molecule has 0 bridgehead atoms. The second kappa shape index (κ2) is 7.31. The summed E-state index contributed by atoms with van der Waals surface area (Å²) < 4.78 is 2.29. The van der Waals surface area contributed by atoms with Crippen LogP contribution in [0.5, 0.6) is 0 Å². The Hall–Kier alpha value is -0.634. The van der Waals surface area contributed by atoms with E-state index in [4.69, 9.17) is 0 Å². The van der Waals surface area contributed by atoms with E-state index in [2.05, 4.69) is 47.1 Å². The normalized spacial score (nSPS) is 17.3. The fraction of sp³-hybridized carbons (Fsp3) is 0.222. The average Bonchev–Trinajstić information content (AvgIpc) is 3.04. The molecule has 6 heteroatoms. The molecule has 1 aliphatic heterocycles. The van der Waals surface area contributed by atoms with Gasteiger partial charge in [-0.2, -0.15) is 0 Å². The van der Waals surface area contributed by atoms with Crippen LogP contribution in [0.25, 0.3) is 27.1 Å². The van der Waals surface area contributed by atoms with Crippen molar-refractivity contribution in [2.45, 2.75) is 25.1 Å². The summed E-state index contributed by atoms with van der Waals surface area (Å²) in [6.07, 6.45) is 0.542. The van der Waals surface area contributed by atoms with Crippen LogP contribution in [0.4, 0.5) is 4.79 Å². The van der Waals surface area contributed by atoms with Crippen molar-refractivity contribution in [3.63, 3.8) is 0 Å². The Kier molecular flexibility index (Phi) is 5.54. The molecular weight excluding hydrogens is 347 g/mol. The number of aryl methyl sites for hydroxylation is 1. The summed E-state index contributed by atoms with van der Waals surface area (Å²) in [6, 6.07) is 14.6. The monoisotopic (exact) mass is 362 g/mol. The van der Waals surface area contributed by atoms with E-state index in [1.165, 1.54) is 21.8 Å². The molecule has 2 amide bonds. The topological polar surface area (TPSA) is 53.2 Å². The Bertz CT molecular complexity index is 951. The molecule has 0 aliphatic carbocycles. The molecule has 0 saturated carbocycles. The molecule has 116 valence electrons. The molecule has 2 heterocycles. The Morgan fingerprint density at radius 2 is 1.83 bits per heavy atom. The maximum Gasteiger partial charge on any atom is 1.00 e. The van der Waals surface area contributed by atoms with Crippen LogP contribution in [0.2, 0.25) is 0 Å². The predicted molar refractivity (Wildman–Crippen MR) is 94.0 cm³/mol. The predicted octanol–water partition coefficient (Wildman–Crippen LogP) is 1.50. The van der Waals surface area contributed by atoms with Crippen LogP contribution in [0.1, 0.15) is 12.5 Å². The molecule has 1 saturated heterocycles. The number of nitrogens with zero attached hydrogens (tertiary/aromatic N) is 2. The molecule has 2 aromatic carbocycles. The zero-order valence-corrected chi connectivity index (χ0v) is 17.6. The minimum atomic E-state index is -0.375. The minimum Gasteiger partial charge on any atom is -0.585 e. The van der Waals surface area contributed by atoms with Gasteiger partial charge in [-0.15, -0.1) is 0 Å². The standard InChI is InChI=1S/C18H16N2O2S.K/c1-2-20-14-6-4-3-5-12(14)13-9-11(7-8-15(13)20)10-16-17(21)19-18(22)23-16;/h3-9,16H,2,10H2,1H3,(H,19,21,22);/q;+1/p-1. The minimum absolute atomic E-state index is 0. The number of rotatable bonds is 3. The van der Waals surface area contributed by atoms with E-state index in [1.807, 2.05) is 12.1 Å². The molecule has 0 N–H and O–H groups in total. The summed E-state index contributed by atoms with van der Waals surface area (Å²) in [4.78, 5) is 23.0. The Balaban J connectivity index is 0.00000169. The van der Waals surface area contributed by atoms with Crippen molar-refractivity contribution in [3.8, 4) is 0 Å². The fourth-order valence-corrected chi connectivity index (χ4v) is 4.09. The van der Waals surface area contributed by atoms with Crippen molar-refractivity contribution in [2.24, 2.45) is 0 Å². The van der Waals surface area contributed by atoms with Gasteiger partial charge in [-0.05, 0) is 37.1 Å². The second-order valence-corrected chi connectivity index (χ2v) is 6.79. The smallest absolute Gasteiger partial charge is 0.585 e. The van der Waals surface area contributed by atoms with Gasteiger partial charge in [0.2, 0.25) is 0 Å². The third kappa shape index (κ3) is 3.11. The van der Waals surface area contributed by atoms with Gasteiger partial charge in [0.25, 0.3) is 0 Å². The molecule has 4 nitrogen and oxygen atoms in total. The number of hydrogen-bond donors (Lipinski definition) is 0.